The second kappa shape index (κ2) is 28.9. The second-order valence-corrected chi connectivity index (χ2v) is 9.41. The topological polar surface area (TPSA) is 40.5 Å². The number of aliphatic hydroxyl groups excluding tert-OH is 2. The minimum Gasteiger partial charge on any atom is -0.393 e. The van der Waals surface area contributed by atoms with Gasteiger partial charge in [0, 0.05) is 0 Å². The lowest BCUT2D eigenvalue weighted by atomic mass is 10.0. The molecule has 0 amide bonds. The predicted molar refractivity (Wildman–Crippen MR) is 136 cm³/mol. The summed E-state index contributed by atoms with van der Waals surface area (Å²) < 4.78 is 0. The molecule has 0 aromatic rings. The molecule has 0 saturated heterocycles. The predicted octanol–water partition coefficient (Wildman–Crippen LogP) is 9.36. The molecule has 0 radical (unpaired) electrons. The van der Waals surface area contributed by atoms with Crippen LogP contribution in [0.2, 0.25) is 0 Å². The van der Waals surface area contributed by atoms with Gasteiger partial charge in [0.25, 0.3) is 0 Å². The Bertz CT molecular complexity index is 280. The van der Waals surface area contributed by atoms with E-state index in [9.17, 15) is 10.2 Å². The molecule has 2 heteroatoms. The Balaban J connectivity index is 0. The van der Waals surface area contributed by atoms with Gasteiger partial charge in [-0.05, 0) is 25.7 Å². The highest BCUT2D eigenvalue weighted by atomic mass is 16.3. The van der Waals surface area contributed by atoms with Crippen LogP contribution in [0.5, 0.6) is 0 Å². The number of unbranched alkanes of at least 4 members (excludes halogenated alkanes) is 14. The highest BCUT2D eigenvalue weighted by molar-refractivity contribution is 4.57. The molecular weight excluding hydrogens is 368 g/mol. The van der Waals surface area contributed by atoms with E-state index in [1.807, 2.05) is 0 Å². The highest BCUT2D eigenvalue weighted by Gasteiger charge is 2.03. The molecule has 0 aliphatic heterocycles. The second-order valence-electron chi connectivity index (χ2n) is 9.41. The Kier molecular flexibility index (Phi) is 30.9. The van der Waals surface area contributed by atoms with Crippen molar-refractivity contribution in [3.63, 3.8) is 0 Å². The van der Waals surface area contributed by atoms with Crippen LogP contribution in [0.15, 0.2) is 0 Å². The normalized spacial score (nSPS) is 13.0. The van der Waals surface area contributed by atoms with E-state index in [-0.39, 0.29) is 12.2 Å². The molecule has 0 fully saturated rings. The van der Waals surface area contributed by atoms with Crippen LogP contribution in [0, 0.1) is 0 Å². The minimum absolute atomic E-state index is 0.0255. The van der Waals surface area contributed by atoms with Crippen LogP contribution in [0.4, 0.5) is 0 Å². The molecule has 2 nitrogen and oxygen atoms in total. The zero-order chi connectivity index (χ0) is 22.7. The zero-order valence-corrected chi connectivity index (χ0v) is 21.6. The molecule has 0 aliphatic rings. The fraction of sp³-hybridized carbons (Fsp3) is 1.00. The standard InChI is InChI=1S/C16H34O.C12H26O/c1-3-5-7-9-10-11-13-15-16(17)14-12-8-6-4-2;1-3-5-7-8-9-11-12(13)10-6-4-2/h16-17H,3-15H2,1-2H3;12-13H,3-11H2,1-2H3. The minimum atomic E-state index is -0.0263. The molecule has 0 aromatic carbocycles. The van der Waals surface area contributed by atoms with Gasteiger partial charge in [-0.2, -0.15) is 0 Å². The van der Waals surface area contributed by atoms with Crippen LogP contribution >= 0.6 is 0 Å². The van der Waals surface area contributed by atoms with E-state index in [0.717, 1.165) is 25.7 Å². The molecule has 30 heavy (non-hydrogen) atoms. The Morgan fingerprint density at radius 1 is 0.333 bits per heavy atom. The number of hydrogen-bond acceptors (Lipinski definition) is 2. The van der Waals surface area contributed by atoms with Crippen molar-refractivity contribution in [2.45, 2.75) is 181 Å². The van der Waals surface area contributed by atoms with Crippen molar-refractivity contribution in [3.8, 4) is 0 Å². The maximum Gasteiger partial charge on any atom is 0.0540 e. The monoisotopic (exact) mass is 428 g/mol. The van der Waals surface area contributed by atoms with Crippen molar-refractivity contribution in [2.24, 2.45) is 0 Å². The lowest BCUT2D eigenvalue weighted by Crippen LogP contribution is -2.05. The van der Waals surface area contributed by atoms with Gasteiger partial charge in [-0.15, -0.1) is 0 Å². The summed E-state index contributed by atoms with van der Waals surface area (Å²) in [6, 6.07) is 0. The first-order chi connectivity index (χ1) is 14.6. The van der Waals surface area contributed by atoms with Gasteiger partial charge < -0.3 is 10.2 Å². The van der Waals surface area contributed by atoms with Crippen molar-refractivity contribution in [2.75, 3.05) is 0 Å². The van der Waals surface area contributed by atoms with E-state index < -0.39 is 0 Å². The van der Waals surface area contributed by atoms with E-state index in [1.165, 1.54) is 116 Å². The third kappa shape index (κ3) is 30.1. The molecule has 0 heterocycles. The van der Waals surface area contributed by atoms with Gasteiger partial charge in [-0.1, -0.05) is 143 Å². The summed E-state index contributed by atoms with van der Waals surface area (Å²) in [7, 11) is 0. The van der Waals surface area contributed by atoms with E-state index in [2.05, 4.69) is 27.7 Å². The van der Waals surface area contributed by atoms with Gasteiger partial charge in [-0.3, -0.25) is 0 Å². The maximum atomic E-state index is 9.79. The van der Waals surface area contributed by atoms with Crippen LogP contribution in [-0.4, -0.2) is 22.4 Å². The number of aliphatic hydroxyl groups is 2. The fourth-order valence-electron chi connectivity index (χ4n) is 3.86. The summed E-state index contributed by atoms with van der Waals surface area (Å²) in [6.07, 6.45) is 27.4. The third-order valence-corrected chi connectivity index (χ3v) is 6.06. The first-order valence-corrected chi connectivity index (χ1v) is 14.0. The van der Waals surface area contributed by atoms with E-state index in [0.29, 0.717) is 0 Å². The molecule has 0 aromatic heterocycles. The van der Waals surface area contributed by atoms with Crippen molar-refractivity contribution in [1.29, 1.82) is 0 Å². The highest BCUT2D eigenvalue weighted by Crippen LogP contribution is 2.13. The SMILES string of the molecule is CCCCCCCC(O)CCCC.CCCCCCCCCC(O)CCCCCC. The smallest absolute Gasteiger partial charge is 0.0540 e. The summed E-state index contributed by atoms with van der Waals surface area (Å²) >= 11 is 0. The molecule has 2 N–H and O–H groups in total. The first kappa shape index (κ1) is 32.1. The van der Waals surface area contributed by atoms with Gasteiger partial charge in [0.15, 0.2) is 0 Å². The largest absolute Gasteiger partial charge is 0.393 e. The summed E-state index contributed by atoms with van der Waals surface area (Å²) in [6.45, 7) is 8.90. The first-order valence-electron chi connectivity index (χ1n) is 14.0. The molecule has 0 spiro atoms. The van der Waals surface area contributed by atoms with Gasteiger partial charge >= 0.3 is 0 Å². The lowest BCUT2D eigenvalue weighted by Gasteiger charge is -2.09. The number of rotatable bonds is 22. The van der Waals surface area contributed by atoms with E-state index in [4.69, 9.17) is 0 Å². The molecule has 0 bridgehead atoms. The molecule has 0 aliphatic carbocycles. The van der Waals surface area contributed by atoms with Crippen LogP contribution in [0.25, 0.3) is 0 Å². The summed E-state index contributed by atoms with van der Waals surface area (Å²) in [5, 5.41) is 19.3. The molecule has 2 unspecified atom stereocenters. The number of hydrogen-bond donors (Lipinski definition) is 2. The van der Waals surface area contributed by atoms with E-state index in [1.54, 1.807) is 0 Å². The Labute approximate surface area is 191 Å². The van der Waals surface area contributed by atoms with Crippen LogP contribution < -0.4 is 0 Å². The zero-order valence-electron chi connectivity index (χ0n) is 21.6. The average molecular weight is 429 g/mol. The lowest BCUT2D eigenvalue weighted by molar-refractivity contribution is 0.147. The van der Waals surface area contributed by atoms with E-state index >= 15 is 0 Å². The van der Waals surface area contributed by atoms with Crippen LogP contribution in [-0.2, 0) is 0 Å². The average Bonchev–Trinajstić information content (AvgIpc) is 2.75. The molecule has 184 valence electrons. The molecule has 0 rings (SSSR count). The van der Waals surface area contributed by atoms with Crippen molar-refractivity contribution in [1.82, 2.24) is 0 Å². The van der Waals surface area contributed by atoms with Gasteiger partial charge in [0.1, 0.15) is 0 Å². The third-order valence-electron chi connectivity index (χ3n) is 6.06. The summed E-state index contributed by atoms with van der Waals surface area (Å²) in [5.74, 6) is 0. The van der Waals surface area contributed by atoms with Gasteiger partial charge in [0.2, 0.25) is 0 Å². The molecule has 2 atom stereocenters. The fourth-order valence-corrected chi connectivity index (χ4v) is 3.86. The molecule has 0 saturated carbocycles. The Hall–Kier alpha value is -0.0800. The quantitative estimate of drug-likeness (QED) is 0.169. The van der Waals surface area contributed by atoms with Crippen molar-refractivity contribution < 1.29 is 10.2 Å². The van der Waals surface area contributed by atoms with Crippen LogP contribution in [0.1, 0.15) is 169 Å². The van der Waals surface area contributed by atoms with Gasteiger partial charge in [-0.25, -0.2) is 0 Å². The van der Waals surface area contributed by atoms with Crippen molar-refractivity contribution >= 4 is 0 Å². The van der Waals surface area contributed by atoms with Crippen molar-refractivity contribution in [3.05, 3.63) is 0 Å². The Morgan fingerprint density at radius 3 is 0.900 bits per heavy atom. The Morgan fingerprint density at radius 2 is 0.567 bits per heavy atom. The summed E-state index contributed by atoms with van der Waals surface area (Å²) in [5.41, 5.74) is 0. The molecular formula is C28H60O2. The van der Waals surface area contributed by atoms with Crippen LogP contribution in [0.3, 0.4) is 0 Å². The van der Waals surface area contributed by atoms with Gasteiger partial charge in [0.05, 0.1) is 12.2 Å². The maximum absolute atomic E-state index is 9.79. The summed E-state index contributed by atoms with van der Waals surface area (Å²) in [4.78, 5) is 0.